The summed E-state index contributed by atoms with van der Waals surface area (Å²) in [6.45, 7) is 2.66. The van der Waals surface area contributed by atoms with Gasteiger partial charge in [0.2, 0.25) is 5.91 Å². The second-order valence-corrected chi connectivity index (χ2v) is 5.86. The molecule has 1 fully saturated rings. The Kier molecular flexibility index (Phi) is 3.84. The predicted molar refractivity (Wildman–Crippen MR) is 70.8 cm³/mol. The van der Waals surface area contributed by atoms with Crippen LogP contribution in [0.4, 0.5) is 0 Å². The molecule has 1 aromatic rings. The molecule has 3 nitrogen and oxygen atoms in total. The minimum absolute atomic E-state index is 0.0957. The van der Waals surface area contributed by atoms with E-state index in [0.717, 1.165) is 12.8 Å². The van der Waals surface area contributed by atoms with Crippen molar-refractivity contribution >= 4 is 17.2 Å². The summed E-state index contributed by atoms with van der Waals surface area (Å²) in [5.41, 5.74) is 7.04. The molecule has 1 aliphatic carbocycles. The van der Waals surface area contributed by atoms with Gasteiger partial charge in [-0.3, -0.25) is 4.79 Å². The summed E-state index contributed by atoms with van der Waals surface area (Å²) in [5, 5.41) is 7.16. The molecule has 1 saturated carbocycles. The molecule has 1 unspecified atom stereocenters. The summed E-state index contributed by atoms with van der Waals surface area (Å²) < 4.78 is 0. The first-order valence-electron chi connectivity index (χ1n) is 6.17. The molecular formula is C13H20N2OS. The molecule has 0 aliphatic heterocycles. The number of thiophene rings is 1. The molecule has 17 heavy (non-hydrogen) atoms. The normalized spacial score (nSPS) is 19.4. The molecule has 1 aliphatic rings. The highest BCUT2D eigenvalue weighted by Gasteiger charge is 2.37. The first-order chi connectivity index (χ1) is 8.15. The largest absolute Gasteiger partial charge is 0.350 e. The number of carbonyl (C=O) groups is 1. The fraction of sp³-hybridized carbons (Fsp3) is 0.615. The standard InChI is InChI=1S/C13H20N2OS/c1-10(11-3-6-17-8-11)15-12(16)7-13(9-14)4-2-5-13/h3,6,8,10H,2,4-5,7,9,14H2,1H3,(H,15,16). The zero-order valence-corrected chi connectivity index (χ0v) is 11.1. The van der Waals surface area contributed by atoms with Gasteiger partial charge in [-0.05, 0) is 54.1 Å². The van der Waals surface area contributed by atoms with Crippen LogP contribution in [0.3, 0.4) is 0 Å². The van der Waals surface area contributed by atoms with Crippen molar-refractivity contribution in [3.8, 4) is 0 Å². The molecule has 0 bridgehead atoms. The topological polar surface area (TPSA) is 55.1 Å². The molecule has 3 N–H and O–H groups in total. The number of amides is 1. The van der Waals surface area contributed by atoms with E-state index in [4.69, 9.17) is 5.73 Å². The molecular weight excluding hydrogens is 232 g/mol. The maximum Gasteiger partial charge on any atom is 0.221 e. The van der Waals surface area contributed by atoms with Crippen LogP contribution in [0.1, 0.15) is 44.2 Å². The lowest BCUT2D eigenvalue weighted by Crippen LogP contribution is -2.42. The van der Waals surface area contributed by atoms with Crippen LogP contribution >= 0.6 is 11.3 Å². The number of nitrogens with two attached hydrogens (primary N) is 1. The summed E-state index contributed by atoms with van der Waals surface area (Å²) in [7, 11) is 0. The van der Waals surface area contributed by atoms with E-state index in [1.165, 1.54) is 12.0 Å². The number of carbonyl (C=O) groups excluding carboxylic acids is 1. The van der Waals surface area contributed by atoms with Gasteiger partial charge in [-0.15, -0.1) is 0 Å². The first kappa shape index (κ1) is 12.6. The summed E-state index contributed by atoms with van der Waals surface area (Å²) in [6.07, 6.45) is 4.00. The number of hydrogen-bond donors (Lipinski definition) is 2. The van der Waals surface area contributed by atoms with Gasteiger partial charge in [0.1, 0.15) is 0 Å². The van der Waals surface area contributed by atoms with Crippen LogP contribution in [-0.2, 0) is 4.79 Å². The van der Waals surface area contributed by atoms with Crippen molar-refractivity contribution in [1.82, 2.24) is 5.32 Å². The van der Waals surface area contributed by atoms with E-state index in [2.05, 4.69) is 16.8 Å². The zero-order valence-electron chi connectivity index (χ0n) is 10.2. The molecule has 1 heterocycles. The SMILES string of the molecule is CC(NC(=O)CC1(CN)CCC1)c1ccsc1. The molecule has 2 rings (SSSR count). The summed E-state index contributed by atoms with van der Waals surface area (Å²) in [4.78, 5) is 12.0. The van der Waals surface area contributed by atoms with E-state index in [9.17, 15) is 4.79 Å². The average molecular weight is 252 g/mol. The van der Waals surface area contributed by atoms with Gasteiger partial charge in [0.15, 0.2) is 0 Å². The second kappa shape index (κ2) is 5.19. The lowest BCUT2D eigenvalue weighted by atomic mass is 9.66. The third-order valence-electron chi connectivity index (χ3n) is 3.80. The van der Waals surface area contributed by atoms with Crippen LogP contribution < -0.4 is 11.1 Å². The van der Waals surface area contributed by atoms with Gasteiger partial charge in [-0.2, -0.15) is 11.3 Å². The first-order valence-corrected chi connectivity index (χ1v) is 7.11. The maximum absolute atomic E-state index is 12.0. The Morgan fingerprint density at radius 2 is 2.41 bits per heavy atom. The molecule has 4 heteroatoms. The Morgan fingerprint density at radius 1 is 1.65 bits per heavy atom. The molecule has 1 atom stereocenters. The summed E-state index contributed by atoms with van der Waals surface area (Å²) in [6, 6.07) is 2.15. The third-order valence-corrected chi connectivity index (χ3v) is 4.50. The van der Waals surface area contributed by atoms with Gasteiger partial charge in [-0.1, -0.05) is 6.42 Å². The van der Waals surface area contributed by atoms with Crippen molar-refractivity contribution < 1.29 is 4.79 Å². The Hall–Kier alpha value is -0.870. The smallest absolute Gasteiger partial charge is 0.221 e. The third kappa shape index (κ3) is 2.87. The zero-order chi connectivity index (χ0) is 12.3. The van der Waals surface area contributed by atoms with E-state index < -0.39 is 0 Å². The molecule has 0 spiro atoms. The van der Waals surface area contributed by atoms with Crippen LogP contribution in [-0.4, -0.2) is 12.5 Å². The number of rotatable bonds is 5. The van der Waals surface area contributed by atoms with E-state index >= 15 is 0 Å². The molecule has 94 valence electrons. The van der Waals surface area contributed by atoms with Crippen LogP contribution in [0.25, 0.3) is 0 Å². The predicted octanol–water partition coefficient (Wildman–Crippen LogP) is 2.44. The minimum atomic E-state index is 0.0957. The van der Waals surface area contributed by atoms with Gasteiger partial charge >= 0.3 is 0 Å². The van der Waals surface area contributed by atoms with E-state index in [0.29, 0.717) is 13.0 Å². The van der Waals surface area contributed by atoms with Gasteiger partial charge in [0, 0.05) is 6.42 Å². The van der Waals surface area contributed by atoms with Gasteiger partial charge < -0.3 is 11.1 Å². The lowest BCUT2D eigenvalue weighted by molar-refractivity contribution is -0.125. The molecule has 1 aromatic heterocycles. The van der Waals surface area contributed by atoms with E-state index in [1.54, 1.807) is 11.3 Å². The van der Waals surface area contributed by atoms with E-state index in [1.807, 2.05) is 12.3 Å². The number of nitrogens with one attached hydrogen (secondary N) is 1. The Morgan fingerprint density at radius 3 is 2.88 bits per heavy atom. The Balaban J connectivity index is 1.85. The Labute approximate surface area is 106 Å². The van der Waals surface area contributed by atoms with Crippen molar-refractivity contribution in [3.63, 3.8) is 0 Å². The van der Waals surface area contributed by atoms with Crippen molar-refractivity contribution in [3.05, 3.63) is 22.4 Å². The number of hydrogen-bond acceptors (Lipinski definition) is 3. The van der Waals surface area contributed by atoms with Gasteiger partial charge in [-0.25, -0.2) is 0 Å². The van der Waals surface area contributed by atoms with Crippen LogP contribution in [0.2, 0.25) is 0 Å². The second-order valence-electron chi connectivity index (χ2n) is 5.08. The van der Waals surface area contributed by atoms with Crippen molar-refractivity contribution in [1.29, 1.82) is 0 Å². The molecule has 1 amide bonds. The Bertz CT molecular complexity index is 365. The highest BCUT2D eigenvalue weighted by molar-refractivity contribution is 7.07. The molecule has 0 radical (unpaired) electrons. The van der Waals surface area contributed by atoms with Gasteiger partial charge in [0.05, 0.1) is 6.04 Å². The maximum atomic E-state index is 12.0. The summed E-state index contributed by atoms with van der Waals surface area (Å²) >= 11 is 1.66. The fourth-order valence-corrected chi connectivity index (χ4v) is 3.12. The van der Waals surface area contributed by atoms with Gasteiger partial charge in [0.25, 0.3) is 0 Å². The molecule has 0 aromatic carbocycles. The monoisotopic (exact) mass is 252 g/mol. The van der Waals surface area contributed by atoms with Crippen LogP contribution in [0, 0.1) is 5.41 Å². The highest BCUT2D eigenvalue weighted by atomic mass is 32.1. The fourth-order valence-electron chi connectivity index (χ4n) is 2.37. The minimum Gasteiger partial charge on any atom is -0.350 e. The van der Waals surface area contributed by atoms with Crippen molar-refractivity contribution in [2.45, 2.75) is 38.6 Å². The van der Waals surface area contributed by atoms with Crippen molar-refractivity contribution in [2.24, 2.45) is 11.1 Å². The van der Waals surface area contributed by atoms with Crippen molar-refractivity contribution in [2.75, 3.05) is 6.54 Å². The van der Waals surface area contributed by atoms with Crippen LogP contribution in [0.15, 0.2) is 16.8 Å². The summed E-state index contributed by atoms with van der Waals surface area (Å²) in [5.74, 6) is 0.133. The van der Waals surface area contributed by atoms with E-state index in [-0.39, 0.29) is 17.4 Å². The average Bonchev–Trinajstić information content (AvgIpc) is 2.76. The van der Waals surface area contributed by atoms with Crippen LogP contribution in [0.5, 0.6) is 0 Å². The lowest BCUT2D eigenvalue weighted by Gasteiger charge is -2.40. The molecule has 0 saturated heterocycles. The quantitative estimate of drug-likeness (QED) is 0.845. The highest BCUT2D eigenvalue weighted by Crippen LogP contribution is 2.42.